The Labute approximate surface area is 133 Å². The Morgan fingerprint density at radius 3 is 2.57 bits per heavy atom. The molecule has 0 fully saturated rings. The first-order chi connectivity index (χ1) is 11.1. The van der Waals surface area contributed by atoms with E-state index < -0.39 is 0 Å². The van der Waals surface area contributed by atoms with Crippen molar-refractivity contribution in [2.24, 2.45) is 0 Å². The van der Waals surface area contributed by atoms with Crippen molar-refractivity contribution in [2.75, 3.05) is 12.8 Å². The highest BCUT2D eigenvalue weighted by molar-refractivity contribution is 5.61. The monoisotopic (exact) mass is 306 g/mol. The Morgan fingerprint density at radius 1 is 1.22 bits per heavy atom. The van der Waals surface area contributed by atoms with Crippen molar-refractivity contribution in [1.82, 2.24) is 19.7 Å². The van der Waals surface area contributed by atoms with Crippen molar-refractivity contribution in [1.29, 1.82) is 5.26 Å². The number of ether oxygens (including phenoxy) is 1. The van der Waals surface area contributed by atoms with Crippen molar-refractivity contribution in [3.8, 4) is 29.0 Å². The van der Waals surface area contributed by atoms with Crippen molar-refractivity contribution >= 4 is 5.82 Å². The second kappa shape index (κ2) is 5.77. The lowest BCUT2D eigenvalue weighted by Gasteiger charge is -2.08. The number of hydrogen-bond acceptors (Lipinski definition) is 6. The fourth-order valence-electron chi connectivity index (χ4n) is 2.16. The summed E-state index contributed by atoms with van der Waals surface area (Å²) in [5.74, 6) is 1.32. The summed E-state index contributed by atoms with van der Waals surface area (Å²) in [7, 11) is 1.62. The van der Waals surface area contributed by atoms with E-state index in [1.54, 1.807) is 7.11 Å². The number of hydrogen-bond donors (Lipinski definition) is 1. The smallest absolute Gasteiger partial charge is 0.253 e. The zero-order valence-corrected chi connectivity index (χ0v) is 12.7. The molecule has 0 radical (unpaired) electrons. The van der Waals surface area contributed by atoms with Crippen LogP contribution in [-0.2, 0) is 0 Å². The summed E-state index contributed by atoms with van der Waals surface area (Å²) >= 11 is 0. The molecule has 7 nitrogen and oxygen atoms in total. The average molecular weight is 306 g/mol. The molecule has 0 spiro atoms. The lowest BCUT2D eigenvalue weighted by Crippen LogP contribution is -2.08. The summed E-state index contributed by atoms with van der Waals surface area (Å²) in [5, 5.41) is 13.1. The van der Waals surface area contributed by atoms with Gasteiger partial charge in [-0.3, -0.25) is 0 Å². The Bertz CT molecular complexity index is 892. The van der Waals surface area contributed by atoms with Gasteiger partial charge in [0.2, 0.25) is 0 Å². The number of anilines is 1. The molecule has 0 atom stereocenters. The minimum atomic E-state index is 0.221. The van der Waals surface area contributed by atoms with Gasteiger partial charge in [0.05, 0.1) is 19.0 Å². The molecule has 114 valence electrons. The molecule has 0 unspecified atom stereocenters. The summed E-state index contributed by atoms with van der Waals surface area (Å²) in [6.07, 6.45) is 1.40. The van der Waals surface area contributed by atoms with Crippen LogP contribution in [0.2, 0.25) is 0 Å². The fraction of sp³-hybridized carbons (Fsp3) is 0.125. The van der Waals surface area contributed by atoms with Crippen molar-refractivity contribution in [3.63, 3.8) is 0 Å². The second-order valence-electron chi connectivity index (χ2n) is 4.89. The number of methoxy groups -OCH3 is 1. The molecular formula is C16H14N6O. The van der Waals surface area contributed by atoms with Gasteiger partial charge in [0.15, 0.2) is 0 Å². The van der Waals surface area contributed by atoms with Crippen molar-refractivity contribution in [3.05, 3.63) is 47.8 Å². The predicted molar refractivity (Wildman–Crippen MR) is 85.0 cm³/mol. The molecule has 3 aromatic rings. The normalized spacial score (nSPS) is 10.3. The van der Waals surface area contributed by atoms with Crippen LogP contribution in [0.4, 0.5) is 5.82 Å². The number of aryl methyl sites for hydroxylation is 1. The molecule has 0 saturated carbocycles. The van der Waals surface area contributed by atoms with E-state index in [1.807, 2.05) is 43.3 Å². The number of benzene rings is 1. The van der Waals surface area contributed by atoms with Gasteiger partial charge in [-0.25, -0.2) is 9.97 Å². The van der Waals surface area contributed by atoms with E-state index in [4.69, 9.17) is 15.7 Å². The van der Waals surface area contributed by atoms with E-state index in [-0.39, 0.29) is 5.82 Å². The maximum atomic E-state index is 8.98. The summed E-state index contributed by atoms with van der Waals surface area (Å²) in [5.41, 5.74) is 8.63. The van der Waals surface area contributed by atoms with E-state index in [2.05, 4.69) is 15.1 Å². The van der Waals surface area contributed by atoms with E-state index >= 15 is 0 Å². The van der Waals surface area contributed by atoms with Gasteiger partial charge in [0, 0.05) is 11.3 Å². The minimum Gasteiger partial charge on any atom is -0.497 e. The van der Waals surface area contributed by atoms with Crippen LogP contribution in [0.3, 0.4) is 0 Å². The topological polar surface area (TPSA) is 103 Å². The molecule has 2 N–H and O–H groups in total. The highest BCUT2D eigenvalue weighted by Crippen LogP contribution is 2.23. The van der Waals surface area contributed by atoms with Crippen molar-refractivity contribution < 1.29 is 4.74 Å². The van der Waals surface area contributed by atoms with E-state index in [1.165, 1.54) is 10.9 Å². The zero-order valence-electron chi connectivity index (χ0n) is 12.7. The average Bonchev–Trinajstić information content (AvgIpc) is 2.95. The number of aromatic nitrogens is 4. The Kier molecular flexibility index (Phi) is 3.65. The van der Waals surface area contributed by atoms with E-state index in [9.17, 15) is 0 Å². The summed E-state index contributed by atoms with van der Waals surface area (Å²) in [6, 6.07) is 11.4. The molecule has 0 saturated heterocycles. The standard InChI is InChI=1S/C16H14N6O/c1-10-7-14(11-3-5-13(23-2)6-4-11)21-16(20-10)22-15(18)12(8-17)9-19-22/h3-7,9H,18H2,1-2H3. The maximum absolute atomic E-state index is 8.98. The first-order valence-electron chi connectivity index (χ1n) is 6.86. The van der Waals surface area contributed by atoms with E-state index in [0.717, 1.165) is 22.7 Å². The van der Waals surface area contributed by atoms with Gasteiger partial charge in [-0.05, 0) is 37.3 Å². The SMILES string of the molecule is COc1ccc(-c2cc(C)nc(-n3ncc(C#N)c3N)n2)cc1. The molecule has 7 heteroatoms. The van der Waals surface area contributed by atoms with E-state index in [0.29, 0.717) is 11.5 Å². The van der Waals surface area contributed by atoms with Gasteiger partial charge in [0.1, 0.15) is 23.2 Å². The van der Waals surface area contributed by atoms with Crippen LogP contribution in [0.1, 0.15) is 11.3 Å². The van der Waals surface area contributed by atoms with Crippen LogP contribution < -0.4 is 10.5 Å². The maximum Gasteiger partial charge on any atom is 0.253 e. The number of nitrogen functional groups attached to an aromatic ring is 1. The Morgan fingerprint density at radius 2 is 1.96 bits per heavy atom. The molecule has 2 aromatic heterocycles. The summed E-state index contributed by atoms with van der Waals surface area (Å²) in [4.78, 5) is 8.84. The van der Waals surface area contributed by atoms with Crippen LogP contribution in [0, 0.1) is 18.3 Å². The molecule has 23 heavy (non-hydrogen) atoms. The lowest BCUT2D eigenvalue weighted by atomic mass is 10.1. The number of nitrogens with zero attached hydrogens (tertiary/aromatic N) is 5. The number of nitriles is 1. The third-order valence-electron chi connectivity index (χ3n) is 3.34. The third-order valence-corrected chi connectivity index (χ3v) is 3.34. The molecule has 0 aliphatic heterocycles. The van der Waals surface area contributed by atoms with Gasteiger partial charge >= 0.3 is 0 Å². The first kappa shape index (κ1) is 14.5. The van der Waals surface area contributed by atoms with Gasteiger partial charge in [-0.1, -0.05) is 0 Å². The Hall–Kier alpha value is -3.40. The fourth-order valence-corrected chi connectivity index (χ4v) is 2.16. The second-order valence-corrected chi connectivity index (χ2v) is 4.89. The molecular weight excluding hydrogens is 292 g/mol. The summed E-state index contributed by atoms with van der Waals surface area (Å²) < 4.78 is 6.52. The van der Waals surface area contributed by atoms with Gasteiger partial charge in [-0.15, -0.1) is 0 Å². The Balaban J connectivity index is 2.08. The highest BCUT2D eigenvalue weighted by atomic mass is 16.5. The lowest BCUT2D eigenvalue weighted by molar-refractivity contribution is 0.415. The summed E-state index contributed by atoms with van der Waals surface area (Å²) in [6.45, 7) is 1.86. The quantitative estimate of drug-likeness (QED) is 0.795. The van der Waals surface area contributed by atoms with Gasteiger partial charge in [0.25, 0.3) is 5.95 Å². The predicted octanol–water partition coefficient (Wildman–Crippen LogP) is 2.10. The number of rotatable bonds is 3. The molecule has 0 amide bonds. The van der Waals surface area contributed by atoms with Crippen LogP contribution >= 0.6 is 0 Å². The van der Waals surface area contributed by atoms with Gasteiger partial charge < -0.3 is 10.5 Å². The highest BCUT2D eigenvalue weighted by Gasteiger charge is 2.13. The van der Waals surface area contributed by atoms with Gasteiger partial charge in [-0.2, -0.15) is 15.0 Å². The molecule has 0 aliphatic carbocycles. The van der Waals surface area contributed by atoms with Crippen LogP contribution in [0.25, 0.3) is 17.2 Å². The molecule has 0 bridgehead atoms. The minimum absolute atomic E-state index is 0.221. The zero-order chi connectivity index (χ0) is 16.4. The first-order valence-corrected chi connectivity index (χ1v) is 6.86. The van der Waals surface area contributed by atoms with Crippen LogP contribution in [0.15, 0.2) is 36.5 Å². The molecule has 1 aromatic carbocycles. The largest absolute Gasteiger partial charge is 0.497 e. The van der Waals surface area contributed by atoms with Crippen LogP contribution in [0.5, 0.6) is 5.75 Å². The molecule has 0 aliphatic rings. The number of nitrogens with two attached hydrogens (primary N) is 1. The molecule has 2 heterocycles. The van der Waals surface area contributed by atoms with Crippen molar-refractivity contribution in [2.45, 2.75) is 6.92 Å². The molecule has 3 rings (SSSR count). The third kappa shape index (κ3) is 2.70. The van der Waals surface area contributed by atoms with Crippen LogP contribution in [-0.4, -0.2) is 26.9 Å².